The van der Waals surface area contributed by atoms with Gasteiger partial charge in [-0.05, 0) is 37.3 Å². The van der Waals surface area contributed by atoms with Gasteiger partial charge in [0, 0.05) is 18.7 Å². The third kappa shape index (κ3) is 4.14. The van der Waals surface area contributed by atoms with Crippen LogP contribution in [0.1, 0.15) is 16.1 Å². The molecular weight excluding hydrogens is 371 g/mol. The van der Waals surface area contributed by atoms with E-state index in [9.17, 15) is 17.6 Å². The van der Waals surface area contributed by atoms with E-state index in [-0.39, 0.29) is 16.1 Å². The molecule has 1 heterocycles. The van der Waals surface area contributed by atoms with Gasteiger partial charge in [-0.15, -0.1) is 0 Å². The lowest BCUT2D eigenvalue weighted by Crippen LogP contribution is -2.17. The Balaban J connectivity index is 1.85. The molecule has 0 aliphatic carbocycles. The highest BCUT2D eigenvalue weighted by Crippen LogP contribution is 2.20. The molecule has 0 aliphatic heterocycles. The number of para-hydroxylation sites is 1. The summed E-state index contributed by atoms with van der Waals surface area (Å²) in [6.07, 6.45) is 0. The predicted molar refractivity (Wildman–Crippen MR) is 99.5 cm³/mol. The first-order chi connectivity index (χ1) is 12.8. The van der Waals surface area contributed by atoms with Gasteiger partial charge in [-0.3, -0.25) is 14.2 Å². The van der Waals surface area contributed by atoms with E-state index in [1.165, 1.54) is 47.1 Å². The van der Waals surface area contributed by atoms with Crippen molar-refractivity contribution in [1.82, 2.24) is 9.78 Å². The summed E-state index contributed by atoms with van der Waals surface area (Å²) in [5.74, 6) is -0.697. The fraction of sp³-hybridized carbons (Fsp3) is 0.111. The van der Waals surface area contributed by atoms with E-state index in [0.717, 1.165) is 11.8 Å². The maximum atomic E-state index is 13.7. The maximum absolute atomic E-state index is 13.7. The van der Waals surface area contributed by atoms with E-state index in [1.54, 1.807) is 20.0 Å². The highest BCUT2D eigenvalue weighted by molar-refractivity contribution is 7.92. The molecule has 0 fully saturated rings. The molecule has 0 saturated heterocycles. The molecule has 2 aromatic carbocycles. The number of halogens is 1. The van der Waals surface area contributed by atoms with Crippen molar-refractivity contribution in [1.29, 1.82) is 0 Å². The van der Waals surface area contributed by atoms with Crippen LogP contribution in [0.4, 0.5) is 15.9 Å². The lowest BCUT2D eigenvalue weighted by molar-refractivity contribution is 0.102. The lowest BCUT2D eigenvalue weighted by atomic mass is 10.2. The molecule has 7 nitrogen and oxygen atoms in total. The van der Waals surface area contributed by atoms with Gasteiger partial charge in [0.15, 0.2) is 0 Å². The second-order valence-corrected chi connectivity index (χ2v) is 7.54. The van der Waals surface area contributed by atoms with Gasteiger partial charge in [-0.1, -0.05) is 18.2 Å². The Morgan fingerprint density at radius 3 is 2.52 bits per heavy atom. The van der Waals surface area contributed by atoms with Gasteiger partial charge >= 0.3 is 0 Å². The fourth-order valence-electron chi connectivity index (χ4n) is 2.47. The van der Waals surface area contributed by atoms with Crippen molar-refractivity contribution in [3.05, 3.63) is 71.7 Å². The Morgan fingerprint density at radius 1 is 1.11 bits per heavy atom. The van der Waals surface area contributed by atoms with Crippen molar-refractivity contribution >= 4 is 27.4 Å². The van der Waals surface area contributed by atoms with E-state index in [1.807, 2.05) is 0 Å². The highest BCUT2D eigenvalue weighted by atomic mass is 32.2. The summed E-state index contributed by atoms with van der Waals surface area (Å²) >= 11 is 0. The zero-order valence-corrected chi connectivity index (χ0v) is 15.4. The number of benzene rings is 2. The van der Waals surface area contributed by atoms with E-state index in [4.69, 9.17) is 0 Å². The van der Waals surface area contributed by atoms with Crippen molar-refractivity contribution in [2.45, 2.75) is 11.8 Å². The largest absolute Gasteiger partial charge is 0.307 e. The second kappa shape index (κ2) is 7.20. The topological polar surface area (TPSA) is 93.1 Å². The summed E-state index contributed by atoms with van der Waals surface area (Å²) in [6, 6.07) is 12.6. The Morgan fingerprint density at radius 2 is 1.85 bits per heavy atom. The first-order valence-electron chi connectivity index (χ1n) is 7.96. The monoisotopic (exact) mass is 388 g/mol. The van der Waals surface area contributed by atoms with E-state index >= 15 is 0 Å². The number of nitrogens with one attached hydrogen (secondary N) is 2. The molecule has 1 amide bonds. The molecule has 0 atom stereocenters. The number of hydrogen-bond acceptors (Lipinski definition) is 4. The standard InChI is InChI=1S/C18H17FN4O3S/c1-12-10-17(23(2)21-12)20-18(24)13-6-5-7-14(11-13)27(25,26)22-16-9-4-3-8-15(16)19/h3-11,22H,1-2H3,(H,20,24). The normalized spacial score (nSPS) is 11.2. The quantitative estimate of drug-likeness (QED) is 0.703. The fourth-order valence-corrected chi connectivity index (χ4v) is 3.58. The predicted octanol–water partition coefficient (Wildman–Crippen LogP) is 2.92. The van der Waals surface area contributed by atoms with Crippen LogP contribution in [0.5, 0.6) is 0 Å². The maximum Gasteiger partial charge on any atom is 0.262 e. The van der Waals surface area contributed by atoms with Crippen LogP contribution < -0.4 is 10.0 Å². The number of amides is 1. The average molecular weight is 388 g/mol. The molecule has 0 radical (unpaired) electrons. The number of nitrogens with zero attached hydrogens (tertiary/aromatic N) is 2. The van der Waals surface area contributed by atoms with Crippen LogP contribution in [0.25, 0.3) is 0 Å². The van der Waals surface area contributed by atoms with Crippen LogP contribution in [-0.2, 0) is 17.1 Å². The molecule has 9 heteroatoms. The van der Waals surface area contributed by atoms with Crippen molar-refractivity contribution in [3.8, 4) is 0 Å². The third-order valence-corrected chi connectivity index (χ3v) is 5.13. The zero-order valence-electron chi connectivity index (χ0n) is 14.6. The molecule has 3 rings (SSSR count). The number of rotatable bonds is 5. The Bertz CT molecular complexity index is 1110. The minimum Gasteiger partial charge on any atom is -0.307 e. The van der Waals surface area contributed by atoms with Crippen LogP contribution in [0.15, 0.2) is 59.5 Å². The summed E-state index contributed by atoms with van der Waals surface area (Å²) in [6.45, 7) is 1.79. The lowest BCUT2D eigenvalue weighted by Gasteiger charge is -2.10. The molecule has 1 aromatic heterocycles. The van der Waals surface area contributed by atoms with Crippen LogP contribution in [-0.4, -0.2) is 24.1 Å². The summed E-state index contributed by atoms with van der Waals surface area (Å²) < 4.78 is 42.5. The van der Waals surface area contributed by atoms with Gasteiger partial charge in [0.05, 0.1) is 16.3 Å². The molecule has 0 spiro atoms. The van der Waals surface area contributed by atoms with Crippen molar-refractivity contribution in [2.24, 2.45) is 7.05 Å². The number of hydrogen-bond donors (Lipinski definition) is 2. The third-order valence-electron chi connectivity index (χ3n) is 3.77. The molecule has 0 bridgehead atoms. The number of sulfonamides is 1. The number of carbonyl (C=O) groups is 1. The first kappa shape index (κ1) is 18.6. The molecule has 0 aliphatic rings. The van der Waals surface area contributed by atoms with Crippen molar-refractivity contribution in [2.75, 3.05) is 10.0 Å². The average Bonchev–Trinajstić information content (AvgIpc) is 2.94. The highest BCUT2D eigenvalue weighted by Gasteiger charge is 2.18. The summed E-state index contributed by atoms with van der Waals surface area (Å²) in [5.41, 5.74) is 0.709. The minimum absolute atomic E-state index is 0.144. The molecule has 140 valence electrons. The van der Waals surface area contributed by atoms with Gasteiger partial charge in [-0.25, -0.2) is 12.8 Å². The molecule has 3 aromatic rings. The van der Waals surface area contributed by atoms with Gasteiger partial charge in [-0.2, -0.15) is 5.10 Å². The molecule has 0 saturated carbocycles. The van der Waals surface area contributed by atoms with Crippen LogP contribution in [0.2, 0.25) is 0 Å². The molecule has 2 N–H and O–H groups in total. The summed E-state index contributed by atoms with van der Waals surface area (Å²) in [4.78, 5) is 12.3. The molecular formula is C18H17FN4O3S. The SMILES string of the molecule is Cc1cc(NC(=O)c2cccc(S(=O)(=O)Nc3ccccc3F)c2)n(C)n1. The number of carbonyl (C=O) groups excluding carboxylic acids is 1. The number of aromatic nitrogens is 2. The smallest absolute Gasteiger partial charge is 0.262 e. The first-order valence-corrected chi connectivity index (χ1v) is 9.44. The number of anilines is 2. The molecule has 0 unspecified atom stereocenters. The van der Waals surface area contributed by atoms with Gasteiger partial charge < -0.3 is 5.32 Å². The molecule has 27 heavy (non-hydrogen) atoms. The van der Waals surface area contributed by atoms with Crippen molar-refractivity contribution in [3.63, 3.8) is 0 Å². The van der Waals surface area contributed by atoms with Crippen LogP contribution in [0, 0.1) is 12.7 Å². The van der Waals surface area contributed by atoms with Crippen LogP contribution in [0.3, 0.4) is 0 Å². The van der Waals surface area contributed by atoms with Gasteiger partial charge in [0.2, 0.25) is 0 Å². The summed E-state index contributed by atoms with van der Waals surface area (Å²) in [5, 5.41) is 6.80. The Hall–Kier alpha value is -3.20. The Labute approximate surface area is 155 Å². The van der Waals surface area contributed by atoms with Crippen LogP contribution >= 0.6 is 0 Å². The van der Waals surface area contributed by atoms with E-state index in [2.05, 4.69) is 15.1 Å². The zero-order chi connectivity index (χ0) is 19.6. The Kier molecular flexibility index (Phi) is 4.95. The van der Waals surface area contributed by atoms with Crippen molar-refractivity contribution < 1.29 is 17.6 Å². The summed E-state index contributed by atoms with van der Waals surface area (Å²) in [7, 11) is -2.37. The van der Waals surface area contributed by atoms with Gasteiger partial charge in [0.1, 0.15) is 11.6 Å². The minimum atomic E-state index is -4.06. The van der Waals surface area contributed by atoms with Gasteiger partial charge in [0.25, 0.3) is 15.9 Å². The second-order valence-electron chi connectivity index (χ2n) is 5.86. The van der Waals surface area contributed by atoms with E-state index < -0.39 is 21.7 Å². The van der Waals surface area contributed by atoms with E-state index in [0.29, 0.717) is 5.82 Å². The number of aryl methyl sites for hydroxylation is 2.